The molecule has 51 heavy (non-hydrogen) atoms. The van der Waals surface area contributed by atoms with Gasteiger partial charge in [0.15, 0.2) is 0 Å². The molecule has 0 amide bonds. The van der Waals surface area contributed by atoms with Gasteiger partial charge in [-0.05, 0) is 73.6 Å². The van der Waals surface area contributed by atoms with Gasteiger partial charge >= 0.3 is 0 Å². The van der Waals surface area contributed by atoms with Crippen LogP contribution in [0.2, 0.25) is 0 Å². The lowest BCUT2D eigenvalue weighted by molar-refractivity contribution is 0.669. The van der Waals surface area contributed by atoms with Crippen LogP contribution in [0.5, 0.6) is 0 Å². The SMILES string of the molecule is C1=C(c2ccc(-c3ccc4oc5ccccc5c4c3)c3ccccc23)NC(c2ccccc2)=NC1c1ccc(-c2ccccc2)c2ccccc12. The fourth-order valence-corrected chi connectivity index (χ4v) is 7.72. The molecular weight excluding hydrogens is 621 g/mol. The van der Waals surface area contributed by atoms with Crippen LogP contribution in [0.4, 0.5) is 0 Å². The zero-order valence-electron chi connectivity index (χ0n) is 27.8. The minimum atomic E-state index is -0.193. The topological polar surface area (TPSA) is 37.5 Å². The molecule has 9 aromatic rings. The van der Waals surface area contributed by atoms with Gasteiger partial charge in [0, 0.05) is 27.6 Å². The fraction of sp³-hybridized carbons (Fsp3) is 0.0208. The summed E-state index contributed by atoms with van der Waals surface area (Å²) in [6.45, 7) is 0. The second kappa shape index (κ2) is 12.0. The molecule has 1 N–H and O–H groups in total. The molecule has 240 valence electrons. The molecule has 1 aromatic heterocycles. The molecule has 0 bridgehead atoms. The van der Waals surface area contributed by atoms with Gasteiger partial charge in [0.25, 0.3) is 0 Å². The molecule has 8 aromatic carbocycles. The molecule has 1 unspecified atom stereocenters. The van der Waals surface area contributed by atoms with Crippen LogP contribution in [0.25, 0.3) is 71.4 Å². The van der Waals surface area contributed by atoms with Gasteiger partial charge in [-0.3, -0.25) is 4.99 Å². The number of rotatable bonds is 5. The predicted molar refractivity (Wildman–Crippen MR) is 213 cm³/mol. The Labute approximate surface area is 295 Å². The van der Waals surface area contributed by atoms with Crippen molar-refractivity contribution in [2.75, 3.05) is 0 Å². The quantitative estimate of drug-likeness (QED) is 0.201. The number of hydrogen-bond acceptors (Lipinski definition) is 3. The Kier molecular flexibility index (Phi) is 6.88. The maximum Gasteiger partial charge on any atom is 0.135 e. The van der Waals surface area contributed by atoms with Gasteiger partial charge in [-0.1, -0.05) is 158 Å². The number of para-hydroxylation sites is 1. The molecule has 3 nitrogen and oxygen atoms in total. The van der Waals surface area contributed by atoms with Gasteiger partial charge in [-0.15, -0.1) is 0 Å². The molecule has 0 radical (unpaired) electrons. The maximum absolute atomic E-state index is 6.15. The smallest absolute Gasteiger partial charge is 0.135 e. The van der Waals surface area contributed by atoms with Crippen molar-refractivity contribution < 1.29 is 4.42 Å². The number of furan rings is 1. The van der Waals surface area contributed by atoms with E-state index in [1.807, 2.05) is 18.2 Å². The van der Waals surface area contributed by atoms with Crippen LogP contribution in [0, 0.1) is 0 Å². The number of aliphatic imine (C=N–C) groups is 1. The second-order valence-corrected chi connectivity index (χ2v) is 13.1. The van der Waals surface area contributed by atoms with Crippen LogP contribution in [0.1, 0.15) is 22.7 Å². The zero-order chi connectivity index (χ0) is 33.7. The average molecular weight is 653 g/mol. The summed E-state index contributed by atoms with van der Waals surface area (Å²) < 4.78 is 6.15. The third kappa shape index (κ3) is 5.02. The van der Waals surface area contributed by atoms with Gasteiger partial charge in [0.2, 0.25) is 0 Å². The standard InChI is InChI=1S/C48H32N2O/c1-3-13-31(14-4-1)34-24-26-40(38-19-9-7-17-36(34)38)44-30-45(50-48(49-44)32-15-5-2-6-16-32)41-27-25-35(37-18-8-10-20-39(37)41)33-23-28-47-43(29-33)42-21-11-12-22-46(42)51-47/h1-30,44H,(H,49,50). The molecular formula is C48H32N2O. The lowest BCUT2D eigenvalue weighted by atomic mass is 9.89. The van der Waals surface area contributed by atoms with Crippen molar-refractivity contribution in [3.05, 3.63) is 199 Å². The van der Waals surface area contributed by atoms with Gasteiger partial charge in [-0.2, -0.15) is 0 Å². The first-order valence-corrected chi connectivity index (χ1v) is 17.4. The van der Waals surface area contributed by atoms with E-state index in [9.17, 15) is 0 Å². The normalized spacial score (nSPS) is 14.5. The number of hydrogen-bond donors (Lipinski definition) is 1. The summed E-state index contributed by atoms with van der Waals surface area (Å²) >= 11 is 0. The molecule has 0 saturated heterocycles. The summed E-state index contributed by atoms with van der Waals surface area (Å²) in [5.41, 5.74) is 11.0. The van der Waals surface area contributed by atoms with Crippen LogP contribution in [-0.4, -0.2) is 5.84 Å². The Morgan fingerprint density at radius 2 is 0.961 bits per heavy atom. The summed E-state index contributed by atoms with van der Waals surface area (Å²) in [5, 5.41) is 10.8. The zero-order valence-corrected chi connectivity index (χ0v) is 27.8. The molecule has 1 aliphatic rings. The highest BCUT2D eigenvalue weighted by molar-refractivity contribution is 6.11. The van der Waals surface area contributed by atoms with E-state index in [1.54, 1.807) is 0 Å². The van der Waals surface area contributed by atoms with Gasteiger partial charge in [0.05, 0.1) is 6.04 Å². The molecule has 2 heterocycles. The second-order valence-electron chi connectivity index (χ2n) is 13.1. The number of fused-ring (bicyclic) bond motifs is 5. The third-order valence-electron chi connectivity index (χ3n) is 10.2. The minimum Gasteiger partial charge on any atom is -0.456 e. The Balaban J connectivity index is 1.13. The molecule has 1 aliphatic heterocycles. The van der Waals surface area contributed by atoms with E-state index in [0.29, 0.717) is 0 Å². The van der Waals surface area contributed by atoms with Gasteiger partial charge in [-0.25, -0.2) is 0 Å². The molecule has 0 fully saturated rings. The van der Waals surface area contributed by atoms with Crippen molar-refractivity contribution in [1.82, 2.24) is 5.32 Å². The first-order valence-electron chi connectivity index (χ1n) is 17.4. The third-order valence-corrected chi connectivity index (χ3v) is 10.2. The molecule has 0 aliphatic carbocycles. The van der Waals surface area contributed by atoms with Crippen LogP contribution < -0.4 is 5.32 Å². The fourth-order valence-electron chi connectivity index (χ4n) is 7.72. The molecule has 1 atom stereocenters. The number of nitrogens with zero attached hydrogens (tertiary/aromatic N) is 1. The van der Waals surface area contributed by atoms with Crippen molar-refractivity contribution in [2.45, 2.75) is 6.04 Å². The number of amidine groups is 1. The minimum absolute atomic E-state index is 0.193. The molecule has 3 heteroatoms. The number of nitrogens with one attached hydrogen (secondary N) is 1. The summed E-state index contributed by atoms with van der Waals surface area (Å²) in [7, 11) is 0. The van der Waals surface area contributed by atoms with Gasteiger partial charge < -0.3 is 9.73 Å². The predicted octanol–water partition coefficient (Wildman–Crippen LogP) is 12.4. The first kappa shape index (κ1) is 29.2. The Morgan fingerprint density at radius 3 is 1.73 bits per heavy atom. The van der Waals surface area contributed by atoms with Crippen molar-refractivity contribution in [1.29, 1.82) is 0 Å². The highest BCUT2D eigenvalue weighted by atomic mass is 16.3. The molecule has 10 rings (SSSR count). The van der Waals surface area contributed by atoms with E-state index >= 15 is 0 Å². The average Bonchev–Trinajstić information content (AvgIpc) is 3.58. The highest BCUT2D eigenvalue weighted by Gasteiger charge is 2.23. The lowest BCUT2D eigenvalue weighted by Gasteiger charge is -2.25. The van der Waals surface area contributed by atoms with Crippen molar-refractivity contribution in [3.63, 3.8) is 0 Å². The van der Waals surface area contributed by atoms with E-state index in [1.165, 1.54) is 43.8 Å². The van der Waals surface area contributed by atoms with Crippen LogP contribution >= 0.6 is 0 Å². The van der Waals surface area contributed by atoms with Crippen LogP contribution in [-0.2, 0) is 0 Å². The van der Waals surface area contributed by atoms with E-state index in [2.05, 4.69) is 169 Å². The van der Waals surface area contributed by atoms with Gasteiger partial charge in [0.1, 0.15) is 17.0 Å². The largest absolute Gasteiger partial charge is 0.456 e. The van der Waals surface area contributed by atoms with E-state index in [0.717, 1.165) is 50.2 Å². The summed E-state index contributed by atoms with van der Waals surface area (Å²) in [6, 6.07) is 62.1. The van der Waals surface area contributed by atoms with E-state index in [-0.39, 0.29) is 6.04 Å². The Morgan fingerprint density at radius 1 is 0.412 bits per heavy atom. The molecule has 0 spiro atoms. The number of benzene rings is 8. The summed E-state index contributed by atoms with van der Waals surface area (Å²) in [4.78, 5) is 5.36. The first-order chi connectivity index (χ1) is 25.3. The maximum atomic E-state index is 6.15. The van der Waals surface area contributed by atoms with E-state index < -0.39 is 0 Å². The monoisotopic (exact) mass is 652 g/mol. The van der Waals surface area contributed by atoms with E-state index in [4.69, 9.17) is 9.41 Å². The molecule has 0 saturated carbocycles. The summed E-state index contributed by atoms with van der Waals surface area (Å²) in [5.74, 6) is 0.861. The van der Waals surface area contributed by atoms with Crippen LogP contribution in [0.3, 0.4) is 0 Å². The lowest BCUT2D eigenvalue weighted by Crippen LogP contribution is -2.27. The Hall–Kier alpha value is -6.71. The van der Waals surface area contributed by atoms with Crippen molar-refractivity contribution in [3.8, 4) is 22.3 Å². The van der Waals surface area contributed by atoms with Crippen LogP contribution in [0.15, 0.2) is 191 Å². The highest BCUT2D eigenvalue weighted by Crippen LogP contribution is 2.40. The Bertz CT molecular complexity index is 2830. The van der Waals surface area contributed by atoms with Crippen molar-refractivity contribution >= 4 is 55.0 Å². The summed E-state index contributed by atoms with van der Waals surface area (Å²) in [6.07, 6.45) is 2.29. The van der Waals surface area contributed by atoms with Crippen molar-refractivity contribution in [2.24, 2.45) is 4.99 Å².